The van der Waals surface area contributed by atoms with Crippen molar-refractivity contribution in [3.63, 3.8) is 0 Å². The van der Waals surface area contributed by atoms with E-state index < -0.39 is 0 Å². The SMILES string of the molecule is CC(C)(C)NCC(c1cccnc1)C1CCCCCC1. The summed E-state index contributed by atoms with van der Waals surface area (Å²) in [4.78, 5) is 4.34. The maximum atomic E-state index is 4.34. The summed E-state index contributed by atoms with van der Waals surface area (Å²) in [5, 5.41) is 3.71. The minimum atomic E-state index is 0.186. The quantitative estimate of drug-likeness (QED) is 0.816. The Hall–Kier alpha value is -0.890. The molecule has 1 aliphatic carbocycles. The van der Waals surface area contributed by atoms with E-state index >= 15 is 0 Å². The fourth-order valence-corrected chi connectivity index (χ4v) is 3.28. The summed E-state index contributed by atoms with van der Waals surface area (Å²) in [5.41, 5.74) is 1.60. The van der Waals surface area contributed by atoms with E-state index in [9.17, 15) is 0 Å². The van der Waals surface area contributed by atoms with Crippen LogP contribution in [-0.2, 0) is 0 Å². The number of pyridine rings is 1. The highest BCUT2D eigenvalue weighted by Gasteiger charge is 2.25. The average Bonchev–Trinajstić information content (AvgIpc) is 2.68. The van der Waals surface area contributed by atoms with E-state index in [-0.39, 0.29) is 5.54 Å². The fraction of sp³-hybridized carbons (Fsp3) is 0.722. The third kappa shape index (κ3) is 4.90. The first kappa shape index (κ1) is 15.5. The molecule has 0 aliphatic heterocycles. The molecule has 1 unspecified atom stereocenters. The summed E-state index contributed by atoms with van der Waals surface area (Å²) in [7, 11) is 0. The molecule has 2 nitrogen and oxygen atoms in total. The lowest BCUT2D eigenvalue weighted by atomic mass is 9.81. The molecule has 1 N–H and O–H groups in total. The minimum Gasteiger partial charge on any atom is -0.311 e. The van der Waals surface area contributed by atoms with Crippen LogP contribution in [0.3, 0.4) is 0 Å². The number of rotatable bonds is 4. The molecule has 1 aromatic heterocycles. The summed E-state index contributed by atoms with van der Waals surface area (Å²) in [6, 6.07) is 4.34. The predicted molar refractivity (Wildman–Crippen MR) is 85.9 cm³/mol. The topological polar surface area (TPSA) is 24.9 Å². The van der Waals surface area contributed by atoms with Crippen LogP contribution in [0.15, 0.2) is 24.5 Å². The molecule has 112 valence electrons. The highest BCUT2D eigenvalue weighted by Crippen LogP contribution is 2.34. The van der Waals surface area contributed by atoms with Crippen LogP contribution in [0.4, 0.5) is 0 Å². The van der Waals surface area contributed by atoms with Crippen molar-refractivity contribution in [3.8, 4) is 0 Å². The molecule has 2 rings (SSSR count). The summed E-state index contributed by atoms with van der Waals surface area (Å²) in [6.07, 6.45) is 12.3. The Balaban J connectivity index is 2.10. The van der Waals surface area contributed by atoms with Crippen molar-refractivity contribution in [2.75, 3.05) is 6.54 Å². The van der Waals surface area contributed by atoms with Crippen LogP contribution >= 0.6 is 0 Å². The number of hydrogen-bond donors (Lipinski definition) is 1. The Morgan fingerprint density at radius 1 is 1.20 bits per heavy atom. The molecule has 1 atom stereocenters. The molecule has 0 spiro atoms. The van der Waals surface area contributed by atoms with E-state index in [1.54, 1.807) is 0 Å². The van der Waals surface area contributed by atoms with Crippen LogP contribution in [0.5, 0.6) is 0 Å². The molecule has 1 heterocycles. The van der Waals surface area contributed by atoms with Gasteiger partial charge in [-0.05, 0) is 51.2 Å². The van der Waals surface area contributed by atoms with E-state index in [0.717, 1.165) is 12.5 Å². The molecule has 1 aliphatic rings. The molecule has 0 aromatic carbocycles. The van der Waals surface area contributed by atoms with Crippen LogP contribution in [0.1, 0.15) is 70.8 Å². The lowest BCUT2D eigenvalue weighted by molar-refractivity contribution is 0.324. The van der Waals surface area contributed by atoms with E-state index in [0.29, 0.717) is 5.92 Å². The monoisotopic (exact) mass is 274 g/mol. The van der Waals surface area contributed by atoms with E-state index in [1.165, 1.54) is 44.1 Å². The van der Waals surface area contributed by atoms with Crippen LogP contribution in [-0.4, -0.2) is 17.1 Å². The molecular weight excluding hydrogens is 244 g/mol. The summed E-state index contributed by atoms with van der Waals surface area (Å²) < 4.78 is 0. The number of aromatic nitrogens is 1. The van der Waals surface area contributed by atoms with Crippen LogP contribution < -0.4 is 5.32 Å². The van der Waals surface area contributed by atoms with Gasteiger partial charge < -0.3 is 5.32 Å². The third-order valence-corrected chi connectivity index (χ3v) is 4.43. The van der Waals surface area contributed by atoms with Crippen molar-refractivity contribution in [1.29, 1.82) is 0 Å². The average molecular weight is 274 g/mol. The van der Waals surface area contributed by atoms with Gasteiger partial charge in [-0.15, -0.1) is 0 Å². The van der Waals surface area contributed by atoms with Crippen molar-refractivity contribution >= 4 is 0 Å². The molecular formula is C18H30N2. The predicted octanol–water partition coefficient (Wildman–Crippen LogP) is 4.52. The van der Waals surface area contributed by atoms with Gasteiger partial charge in [-0.2, -0.15) is 0 Å². The van der Waals surface area contributed by atoms with Gasteiger partial charge in [-0.3, -0.25) is 4.98 Å². The van der Waals surface area contributed by atoms with Gasteiger partial charge in [0.2, 0.25) is 0 Å². The zero-order chi connectivity index (χ0) is 14.4. The maximum absolute atomic E-state index is 4.34. The third-order valence-electron chi connectivity index (χ3n) is 4.43. The molecule has 1 fully saturated rings. The summed E-state index contributed by atoms with van der Waals surface area (Å²) in [6.45, 7) is 7.82. The first-order valence-electron chi connectivity index (χ1n) is 8.21. The van der Waals surface area contributed by atoms with Gasteiger partial charge >= 0.3 is 0 Å². The van der Waals surface area contributed by atoms with Gasteiger partial charge in [-0.25, -0.2) is 0 Å². The molecule has 0 saturated heterocycles. The highest BCUT2D eigenvalue weighted by molar-refractivity contribution is 5.16. The van der Waals surface area contributed by atoms with Gasteiger partial charge in [0.1, 0.15) is 0 Å². The standard InChI is InChI=1S/C18H30N2/c1-18(2,3)20-14-17(16-11-8-12-19-13-16)15-9-6-4-5-7-10-15/h8,11-13,15,17,20H,4-7,9-10,14H2,1-3H3. The Kier molecular flexibility index (Phi) is 5.59. The lowest BCUT2D eigenvalue weighted by Gasteiger charge is -2.30. The van der Waals surface area contributed by atoms with Crippen molar-refractivity contribution in [1.82, 2.24) is 10.3 Å². The lowest BCUT2D eigenvalue weighted by Crippen LogP contribution is -2.40. The number of nitrogens with zero attached hydrogens (tertiary/aromatic N) is 1. The van der Waals surface area contributed by atoms with E-state index in [2.05, 4.69) is 49.4 Å². The fourth-order valence-electron chi connectivity index (χ4n) is 3.28. The summed E-state index contributed by atoms with van der Waals surface area (Å²) >= 11 is 0. The Labute approximate surface area is 124 Å². The van der Waals surface area contributed by atoms with Crippen molar-refractivity contribution in [2.45, 2.75) is 70.8 Å². The molecule has 20 heavy (non-hydrogen) atoms. The molecule has 2 heteroatoms. The van der Waals surface area contributed by atoms with Crippen molar-refractivity contribution in [3.05, 3.63) is 30.1 Å². The molecule has 0 radical (unpaired) electrons. The largest absolute Gasteiger partial charge is 0.311 e. The number of hydrogen-bond acceptors (Lipinski definition) is 2. The zero-order valence-electron chi connectivity index (χ0n) is 13.4. The van der Waals surface area contributed by atoms with E-state index in [1.807, 2.05) is 6.20 Å². The smallest absolute Gasteiger partial charge is 0.0303 e. The minimum absolute atomic E-state index is 0.186. The van der Waals surface area contributed by atoms with Crippen LogP contribution in [0.2, 0.25) is 0 Å². The number of nitrogens with one attached hydrogen (secondary N) is 1. The molecule has 1 saturated carbocycles. The molecule has 1 aromatic rings. The Bertz CT molecular complexity index is 372. The Morgan fingerprint density at radius 2 is 1.90 bits per heavy atom. The summed E-state index contributed by atoms with van der Waals surface area (Å²) in [5.74, 6) is 1.43. The zero-order valence-corrected chi connectivity index (χ0v) is 13.4. The van der Waals surface area contributed by atoms with E-state index in [4.69, 9.17) is 0 Å². The van der Waals surface area contributed by atoms with Gasteiger partial charge in [0.15, 0.2) is 0 Å². The Morgan fingerprint density at radius 3 is 2.45 bits per heavy atom. The van der Waals surface area contributed by atoms with Crippen LogP contribution in [0, 0.1) is 5.92 Å². The highest BCUT2D eigenvalue weighted by atomic mass is 14.9. The van der Waals surface area contributed by atoms with Gasteiger partial charge in [0.25, 0.3) is 0 Å². The maximum Gasteiger partial charge on any atom is 0.0303 e. The second-order valence-electron chi connectivity index (χ2n) is 7.28. The normalized spacial score (nSPS) is 19.6. The second-order valence-corrected chi connectivity index (χ2v) is 7.28. The van der Waals surface area contributed by atoms with Gasteiger partial charge in [0.05, 0.1) is 0 Å². The first-order valence-corrected chi connectivity index (χ1v) is 8.21. The van der Waals surface area contributed by atoms with Gasteiger partial charge in [0, 0.05) is 30.4 Å². The van der Waals surface area contributed by atoms with Crippen molar-refractivity contribution in [2.24, 2.45) is 5.92 Å². The first-order chi connectivity index (χ1) is 9.56. The second kappa shape index (κ2) is 7.21. The molecule has 0 amide bonds. The van der Waals surface area contributed by atoms with Crippen LogP contribution in [0.25, 0.3) is 0 Å². The van der Waals surface area contributed by atoms with Gasteiger partial charge in [-0.1, -0.05) is 31.7 Å². The molecule has 0 bridgehead atoms. The van der Waals surface area contributed by atoms with Crippen molar-refractivity contribution < 1.29 is 0 Å².